The molecule has 81 valence electrons. The van der Waals surface area contributed by atoms with Crippen LogP contribution in [0.15, 0.2) is 10.8 Å². The van der Waals surface area contributed by atoms with Crippen LogP contribution in [0.4, 0.5) is 4.39 Å². The highest BCUT2D eigenvalue weighted by atomic mass is 32.1. The van der Waals surface area contributed by atoms with Crippen molar-refractivity contribution in [1.29, 1.82) is 0 Å². The maximum Gasteiger partial charge on any atom is 0.140 e. The first-order valence-electron chi connectivity index (χ1n) is 5.04. The average molecular weight is 226 g/mol. The summed E-state index contributed by atoms with van der Waals surface area (Å²) in [7, 11) is 0. The van der Waals surface area contributed by atoms with Gasteiger partial charge in [0.2, 0.25) is 0 Å². The number of hydrogen-bond donors (Lipinski definition) is 1. The van der Waals surface area contributed by atoms with Crippen molar-refractivity contribution in [3.05, 3.63) is 28.6 Å². The Bertz CT molecular complexity index is 344. The maximum absolute atomic E-state index is 13.1. The van der Waals surface area contributed by atoms with Gasteiger partial charge in [0, 0.05) is 23.3 Å². The van der Waals surface area contributed by atoms with Crippen molar-refractivity contribution >= 4 is 17.1 Å². The third-order valence-corrected chi connectivity index (χ3v) is 3.41. The topological polar surface area (TPSA) is 29.1 Å². The molecule has 0 saturated carbocycles. The minimum absolute atomic E-state index is 0.00514. The van der Waals surface area contributed by atoms with Crippen LogP contribution in [-0.2, 0) is 11.2 Å². The second kappa shape index (κ2) is 4.86. The first-order chi connectivity index (χ1) is 7.27. The van der Waals surface area contributed by atoms with Crippen molar-refractivity contribution < 1.29 is 9.18 Å². The van der Waals surface area contributed by atoms with E-state index in [4.69, 9.17) is 0 Å². The van der Waals surface area contributed by atoms with Gasteiger partial charge in [0.1, 0.15) is 11.6 Å². The molecule has 0 amide bonds. The summed E-state index contributed by atoms with van der Waals surface area (Å²) >= 11 is 1.31. The van der Waals surface area contributed by atoms with Gasteiger partial charge in [-0.25, -0.2) is 4.39 Å². The van der Waals surface area contributed by atoms with Crippen LogP contribution in [0.25, 0.3) is 0 Å². The molecule has 1 aromatic heterocycles. The zero-order chi connectivity index (χ0) is 10.7. The van der Waals surface area contributed by atoms with Gasteiger partial charge < -0.3 is 5.32 Å². The van der Waals surface area contributed by atoms with Crippen LogP contribution < -0.4 is 5.32 Å². The summed E-state index contributed by atoms with van der Waals surface area (Å²) in [5.74, 6) is -0.110. The molecule has 2 nitrogen and oxygen atoms in total. The average Bonchev–Trinajstić information content (AvgIpc) is 2.66. The lowest BCUT2D eigenvalue weighted by Gasteiger charge is -2.20. The van der Waals surface area contributed by atoms with Gasteiger partial charge >= 0.3 is 0 Å². The molecule has 0 spiro atoms. The van der Waals surface area contributed by atoms with Gasteiger partial charge in [0.15, 0.2) is 0 Å². The zero-order valence-corrected chi connectivity index (χ0v) is 9.15. The van der Waals surface area contributed by atoms with E-state index in [0.717, 1.165) is 19.5 Å². The monoisotopic (exact) mass is 226 g/mol. The van der Waals surface area contributed by atoms with Crippen LogP contribution in [0.5, 0.6) is 0 Å². The van der Waals surface area contributed by atoms with Crippen molar-refractivity contribution in [3.63, 3.8) is 0 Å². The Morgan fingerprint density at radius 2 is 2.47 bits per heavy atom. The van der Waals surface area contributed by atoms with Crippen LogP contribution in [-0.4, -0.2) is 18.9 Å². The van der Waals surface area contributed by atoms with E-state index >= 15 is 0 Å². The number of piperidine rings is 1. The highest BCUT2D eigenvalue weighted by molar-refractivity contribution is 7.08. The van der Waals surface area contributed by atoms with Gasteiger partial charge in [-0.2, -0.15) is 0 Å². The van der Waals surface area contributed by atoms with E-state index in [1.165, 1.54) is 16.7 Å². The van der Waals surface area contributed by atoms with Gasteiger partial charge in [0.25, 0.3) is 0 Å². The molecule has 1 aromatic rings. The maximum atomic E-state index is 13.1. The normalized spacial score (nSPS) is 17.9. The van der Waals surface area contributed by atoms with Crippen LogP contribution in [0, 0.1) is 18.2 Å². The lowest BCUT2D eigenvalue weighted by molar-refractivity contribution is -0.121. The molecule has 2 rings (SSSR count). The molecule has 1 N–H and O–H groups in total. The second-order valence-electron chi connectivity index (χ2n) is 3.72. The Morgan fingerprint density at radius 3 is 3.07 bits per heavy atom. The van der Waals surface area contributed by atoms with Crippen molar-refractivity contribution in [2.75, 3.05) is 13.1 Å². The number of carbonyl (C=O) groups excluding carboxylic acids is 1. The molecule has 1 fully saturated rings. The molecular weight excluding hydrogens is 213 g/mol. The molecule has 1 saturated heterocycles. The summed E-state index contributed by atoms with van der Waals surface area (Å²) in [6.07, 6.45) is 3.05. The van der Waals surface area contributed by atoms with Crippen LogP contribution in [0.3, 0.4) is 0 Å². The van der Waals surface area contributed by atoms with Gasteiger partial charge in [-0.3, -0.25) is 4.79 Å². The third-order valence-electron chi connectivity index (χ3n) is 2.65. The van der Waals surface area contributed by atoms with Crippen molar-refractivity contribution in [3.8, 4) is 0 Å². The van der Waals surface area contributed by atoms with E-state index in [1.807, 2.05) is 6.42 Å². The Balaban J connectivity index is 1.94. The van der Waals surface area contributed by atoms with Crippen LogP contribution in [0.1, 0.15) is 12.0 Å². The smallest absolute Gasteiger partial charge is 0.140 e. The molecular formula is C11H13FNOS. The van der Waals surface area contributed by atoms with E-state index in [-0.39, 0.29) is 23.9 Å². The molecule has 2 heterocycles. The number of thiophene rings is 1. The fourth-order valence-corrected chi connectivity index (χ4v) is 2.45. The third kappa shape index (κ3) is 2.63. The van der Waals surface area contributed by atoms with Gasteiger partial charge in [-0.05, 0) is 31.3 Å². The number of nitrogens with one attached hydrogen (secondary N) is 1. The first kappa shape index (κ1) is 10.8. The summed E-state index contributed by atoms with van der Waals surface area (Å²) in [5, 5.41) is 6.32. The molecule has 1 aliphatic rings. The second-order valence-corrected chi connectivity index (χ2v) is 4.47. The summed E-state index contributed by atoms with van der Waals surface area (Å²) in [5.41, 5.74) is 0.539. The molecule has 0 aromatic carbocycles. The van der Waals surface area contributed by atoms with Crippen molar-refractivity contribution in [2.24, 2.45) is 5.92 Å². The summed E-state index contributed by atoms with van der Waals surface area (Å²) in [6.45, 7) is 1.65. The Morgan fingerprint density at radius 1 is 1.60 bits per heavy atom. The lowest BCUT2D eigenvalue weighted by atomic mass is 9.90. The fraction of sp³-hybridized carbons (Fsp3) is 0.455. The van der Waals surface area contributed by atoms with Gasteiger partial charge in [-0.15, -0.1) is 11.3 Å². The van der Waals surface area contributed by atoms with E-state index in [9.17, 15) is 9.18 Å². The van der Waals surface area contributed by atoms with Crippen LogP contribution in [0.2, 0.25) is 0 Å². The molecule has 1 atom stereocenters. The van der Waals surface area contributed by atoms with E-state index in [0.29, 0.717) is 5.56 Å². The number of carbonyl (C=O) groups is 1. The molecule has 4 heteroatoms. The molecule has 15 heavy (non-hydrogen) atoms. The number of ketones is 1. The number of rotatable bonds is 3. The van der Waals surface area contributed by atoms with E-state index in [2.05, 4.69) is 5.32 Å². The zero-order valence-electron chi connectivity index (χ0n) is 8.33. The first-order valence-corrected chi connectivity index (χ1v) is 5.99. The van der Waals surface area contributed by atoms with E-state index < -0.39 is 0 Å². The molecule has 1 radical (unpaired) electrons. The highest BCUT2D eigenvalue weighted by Crippen LogP contribution is 2.18. The molecule has 1 unspecified atom stereocenters. The summed E-state index contributed by atoms with van der Waals surface area (Å²) in [4.78, 5) is 11.8. The lowest BCUT2D eigenvalue weighted by Crippen LogP contribution is -2.33. The summed E-state index contributed by atoms with van der Waals surface area (Å²) < 4.78 is 13.1. The standard InChI is InChI=1S/C11H13FNOS/c12-10-7-15-6-9(10)5-11(14)8-1-3-13-4-2-8/h1,6-8,13H,2-5H2. The van der Waals surface area contributed by atoms with Crippen LogP contribution >= 0.6 is 11.3 Å². The molecule has 0 aliphatic carbocycles. The minimum atomic E-state index is -0.248. The van der Waals surface area contributed by atoms with Gasteiger partial charge in [0.05, 0.1) is 0 Å². The Hall–Kier alpha value is -0.740. The Labute approximate surface area is 92.5 Å². The van der Waals surface area contributed by atoms with Crippen molar-refractivity contribution in [2.45, 2.75) is 12.8 Å². The predicted molar refractivity (Wildman–Crippen MR) is 58.3 cm³/mol. The largest absolute Gasteiger partial charge is 0.316 e. The molecule has 1 aliphatic heterocycles. The quantitative estimate of drug-likeness (QED) is 0.851. The highest BCUT2D eigenvalue weighted by Gasteiger charge is 2.22. The summed E-state index contributed by atoms with van der Waals surface area (Å²) in [6, 6.07) is 0. The predicted octanol–water partition coefficient (Wildman–Crippen LogP) is 1.81. The number of halogens is 1. The van der Waals surface area contributed by atoms with Crippen molar-refractivity contribution in [1.82, 2.24) is 5.32 Å². The fourth-order valence-electron chi connectivity index (χ4n) is 1.75. The molecule has 0 bridgehead atoms. The number of Topliss-reactive ketones (excluding diaryl/α,β-unsaturated/α-hetero) is 1. The Kier molecular flexibility index (Phi) is 3.49. The number of hydrogen-bond acceptors (Lipinski definition) is 3. The van der Waals surface area contributed by atoms with E-state index in [1.54, 1.807) is 5.38 Å². The minimum Gasteiger partial charge on any atom is -0.316 e. The SMILES string of the molecule is O=C(Cc1cscc1F)C1[CH]CNCC1. The van der Waals surface area contributed by atoms with Gasteiger partial charge in [-0.1, -0.05) is 0 Å².